The molecule has 6 heteroatoms. The molecule has 0 saturated heterocycles. The van der Waals surface area contributed by atoms with Crippen LogP contribution in [0.4, 0.5) is 10.6 Å². The number of para-hydroxylation sites is 1. The molecule has 0 atom stereocenters. The van der Waals surface area contributed by atoms with Crippen LogP contribution in [0.3, 0.4) is 0 Å². The van der Waals surface area contributed by atoms with Crippen molar-refractivity contribution in [2.45, 2.75) is 32.8 Å². The zero-order chi connectivity index (χ0) is 15.6. The molecule has 0 aliphatic carbocycles. The molecule has 0 aliphatic rings. The number of carbonyl (C=O) groups is 1. The van der Waals surface area contributed by atoms with Gasteiger partial charge >= 0.3 is 6.03 Å². The fourth-order valence-electron chi connectivity index (χ4n) is 2.14. The standard InChI is InChI=1S/C15H20N4O2/c1-10-12(9-15(2,3)21)18-19(13(10)17-14(16)20)11-7-5-4-6-8-11/h4-8,21H,9H2,1-3H3,(H3,16,17,20). The number of anilines is 1. The van der Waals surface area contributed by atoms with Gasteiger partial charge in [-0.05, 0) is 32.9 Å². The number of aromatic nitrogens is 2. The first-order valence-electron chi connectivity index (χ1n) is 6.71. The van der Waals surface area contributed by atoms with E-state index in [1.54, 1.807) is 18.5 Å². The number of nitrogens with one attached hydrogen (secondary N) is 1. The van der Waals surface area contributed by atoms with Gasteiger partial charge in [0.2, 0.25) is 0 Å². The molecule has 112 valence electrons. The Hall–Kier alpha value is -2.34. The summed E-state index contributed by atoms with van der Waals surface area (Å²) in [4.78, 5) is 11.2. The number of hydrogen-bond donors (Lipinski definition) is 3. The molecule has 2 amide bonds. The van der Waals surface area contributed by atoms with Gasteiger partial charge in [-0.2, -0.15) is 5.10 Å². The third kappa shape index (κ3) is 3.61. The van der Waals surface area contributed by atoms with Crippen molar-refractivity contribution >= 4 is 11.8 Å². The van der Waals surface area contributed by atoms with E-state index in [-0.39, 0.29) is 0 Å². The highest BCUT2D eigenvalue weighted by Gasteiger charge is 2.22. The Bertz CT molecular complexity index is 642. The topological polar surface area (TPSA) is 93.2 Å². The van der Waals surface area contributed by atoms with Crippen LogP contribution in [0.25, 0.3) is 5.69 Å². The maximum atomic E-state index is 11.2. The Morgan fingerprint density at radius 3 is 2.52 bits per heavy atom. The third-order valence-electron chi connectivity index (χ3n) is 3.06. The highest BCUT2D eigenvalue weighted by atomic mass is 16.3. The van der Waals surface area contributed by atoms with E-state index in [1.807, 2.05) is 37.3 Å². The number of aliphatic hydroxyl groups is 1. The monoisotopic (exact) mass is 288 g/mol. The van der Waals surface area contributed by atoms with E-state index in [2.05, 4.69) is 10.4 Å². The number of urea groups is 1. The summed E-state index contributed by atoms with van der Waals surface area (Å²) in [6, 6.07) is 8.79. The summed E-state index contributed by atoms with van der Waals surface area (Å²) in [7, 11) is 0. The maximum absolute atomic E-state index is 11.2. The second kappa shape index (κ2) is 5.57. The zero-order valence-electron chi connectivity index (χ0n) is 12.4. The Balaban J connectivity index is 2.52. The fraction of sp³-hybridized carbons (Fsp3) is 0.333. The van der Waals surface area contributed by atoms with Crippen molar-refractivity contribution in [1.29, 1.82) is 0 Å². The summed E-state index contributed by atoms with van der Waals surface area (Å²) in [5.74, 6) is 0.521. The average Bonchev–Trinajstić information content (AvgIpc) is 2.66. The summed E-state index contributed by atoms with van der Waals surface area (Å²) in [6.07, 6.45) is 0.381. The zero-order valence-corrected chi connectivity index (χ0v) is 12.4. The summed E-state index contributed by atoms with van der Waals surface area (Å²) < 4.78 is 1.63. The van der Waals surface area contributed by atoms with Gasteiger partial charge in [-0.15, -0.1) is 0 Å². The van der Waals surface area contributed by atoms with Gasteiger partial charge in [-0.1, -0.05) is 18.2 Å². The molecule has 6 nitrogen and oxygen atoms in total. The van der Waals surface area contributed by atoms with Crippen molar-refractivity contribution < 1.29 is 9.90 Å². The number of nitrogens with two attached hydrogens (primary N) is 1. The number of carbonyl (C=O) groups excluding carboxylic acids is 1. The minimum absolute atomic E-state index is 0.381. The minimum Gasteiger partial charge on any atom is -0.390 e. The van der Waals surface area contributed by atoms with E-state index in [9.17, 15) is 9.90 Å². The van der Waals surface area contributed by atoms with Crippen LogP contribution in [0, 0.1) is 6.92 Å². The molecule has 0 spiro atoms. The minimum atomic E-state index is -0.884. The number of primary amides is 1. The van der Waals surface area contributed by atoms with E-state index in [0.717, 1.165) is 16.9 Å². The van der Waals surface area contributed by atoms with Gasteiger partial charge in [-0.3, -0.25) is 5.32 Å². The van der Waals surface area contributed by atoms with Crippen LogP contribution in [0.1, 0.15) is 25.1 Å². The summed E-state index contributed by atoms with van der Waals surface area (Å²) in [5.41, 5.74) is 6.67. The van der Waals surface area contributed by atoms with Gasteiger partial charge in [0, 0.05) is 12.0 Å². The second-order valence-electron chi connectivity index (χ2n) is 5.65. The van der Waals surface area contributed by atoms with Crippen LogP contribution in [0.5, 0.6) is 0 Å². The van der Waals surface area contributed by atoms with Gasteiger partial charge in [0.1, 0.15) is 5.82 Å². The van der Waals surface area contributed by atoms with Crippen LogP contribution < -0.4 is 11.1 Å². The van der Waals surface area contributed by atoms with Crippen molar-refractivity contribution in [3.05, 3.63) is 41.6 Å². The molecule has 1 heterocycles. The van der Waals surface area contributed by atoms with E-state index in [0.29, 0.717) is 12.2 Å². The van der Waals surface area contributed by atoms with Crippen molar-refractivity contribution in [3.8, 4) is 5.69 Å². The van der Waals surface area contributed by atoms with E-state index >= 15 is 0 Å². The molecule has 2 aromatic rings. The van der Waals surface area contributed by atoms with E-state index in [4.69, 9.17) is 5.73 Å². The molecule has 1 aromatic heterocycles. The van der Waals surface area contributed by atoms with Gasteiger partial charge in [0.05, 0.1) is 17.0 Å². The molecule has 0 bridgehead atoms. The number of amides is 2. The molecular formula is C15H20N4O2. The molecule has 0 saturated carbocycles. The molecule has 4 N–H and O–H groups in total. The summed E-state index contributed by atoms with van der Waals surface area (Å²) in [6.45, 7) is 5.28. The van der Waals surface area contributed by atoms with Gasteiger partial charge in [-0.25, -0.2) is 9.48 Å². The molecule has 0 aliphatic heterocycles. The number of rotatable bonds is 4. The highest BCUT2D eigenvalue weighted by molar-refractivity contribution is 5.88. The molecule has 0 unspecified atom stereocenters. The first-order valence-corrected chi connectivity index (χ1v) is 6.71. The van der Waals surface area contributed by atoms with Crippen molar-refractivity contribution in [2.24, 2.45) is 5.73 Å². The lowest BCUT2D eigenvalue weighted by molar-refractivity contribution is 0.0797. The third-order valence-corrected chi connectivity index (χ3v) is 3.06. The summed E-state index contributed by atoms with van der Waals surface area (Å²) in [5, 5.41) is 17.1. The molecule has 2 rings (SSSR count). The summed E-state index contributed by atoms with van der Waals surface area (Å²) >= 11 is 0. The van der Waals surface area contributed by atoms with Crippen LogP contribution in [0.2, 0.25) is 0 Å². The predicted molar refractivity (Wildman–Crippen MR) is 81.5 cm³/mol. The lowest BCUT2D eigenvalue weighted by Gasteiger charge is -2.15. The Labute approximate surface area is 123 Å². The predicted octanol–water partition coefficient (Wildman–Crippen LogP) is 1.98. The number of benzene rings is 1. The normalized spacial score (nSPS) is 11.4. The molecular weight excluding hydrogens is 268 g/mol. The Kier molecular flexibility index (Phi) is 3.99. The van der Waals surface area contributed by atoms with Crippen LogP contribution >= 0.6 is 0 Å². The fourth-order valence-corrected chi connectivity index (χ4v) is 2.14. The largest absolute Gasteiger partial charge is 0.390 e. The van der Waals surface area contributed by atoms with Crippen LogP contribution in [-0.2, 0) is 6.42 Å². The van der Waals surface area contributed by atoms with Crippen molar-refractivity contribution in [3.63, 3.8) is 0 Å². The SMILES string of the molecule is Cc1c(CC(C)(C)O)nn(-c2ccccc2)c1NC(N)=O. The smallest absolute Gasteiger partial charge is 0.317 e. The van der Waals surface area contributed by atoms with E-state index in [1.165, 1.54) is 0 Å². The lowest BCUT2D eigenvalue weighted by Crippen LogP contribution is -2.22. The molecule has 0 fully saturated rings. The first kappa shape index (κ1) is 15.1. The quantitative estimate of drug-likeness (QED) is 0.803. The van der Waals surface area contributed by atoms with Gasteiger partial charge < -0.3 is 10.8 Å². The first-order chi connectivity index (χ1) is 9.78. The Morgan fingerprint density at radius 2 is 2.00 bits per heavy atom. The van der Waals surface area contributed by atoms with Crippen LogP contribution in [-0.4, -0.2) is 26.5 Å². The van der Waals surface area contributed by atoms with Crippen LogP contribution in [0.15, 0.2) is 30.3 Å². The maximum Gasteiger partial charge on any atom is 0.317 e. The molecule has 21 heavy (non-hydrogen) atoms. The van der Waals surface area contributed by atoms with Crippen molar-refractivity contribution in [2.75, 3.05) is 5.32 Å². The van der Waals surface area contributed by atoms with Gasteiger partial charge in [0.25, 0.3) is 0 Å². The highest BCUT2D eigenvalue weighted by Crippen LogP contribution is 2.25. The van der Waals surface area contributed by atoms with Gasteiger partial charge in [0.15, 0.2) is 0 Å². The Morgan fingerprint density at radius 1 is 1.38 bits per heavy atom. The molecule has 1 aromatic carbocycles. The molecule has 0 radical (unpaired) electrons. The second-order valence-corrected chi connectivity index (χ2v) is 5.65. The number of nitrogens with zero attached hydrogens (tertiary/aromatic N) is 2. The lowest BCUT2D eigenvalue weighted by atomic mass is 10.0. The van der Waals surface area contributed by atoms with E-state index < -0.39 is 11.6 Å². The van der Waals surface area contributed by atoms with Crippen molar-refractivity contribution in [1.82, 2.24) is 9.78 Å². The number of hydrogen-bond acceptors (Lipinski definition) is 3. The average molecular weight is 288 g/mol.